The Bertz CT molecular complexity index is 490. The molecular weight excluding hydrogens is 369 g/mol. The third kappa shape index (κ3) is 4.03. The maximum absolute atomic E-state index is 11.6. The highest BCUT2D eigenvalue weighted by atomic mass is 127. The number of hydrogen-bond acceptors (Lipinski definition) is 6. The number of ether oxygens (including phenoxy) is 3. The summed E-state index contributed by atoms with van der Waals surface area (Å²) in [4.78, 5) is 21.8. The summed E-state index contributed by atoms with van der Waals surface area (Å²) in [6.07, 6.45) is 0. The van der Waals surface area contributed by atoms with Crippen LogP contribution in [0.2, 0.25) is 0 Å². The average molecular weight is 381 g/mol. The van der Waals surface area contributed by atoms with Crippen LogP contribution in [-0.4, -0.2) is 38.3 Å². The van der Waals surface area contributed by atoms with Gasteiger partial charge in [0.1, 0.15) is 17.9 Å². The van der Waals surface area contributed by atoms with Crippen LogP contribution >= 0.6 is 22.6 Å². The van der Waals surface area contributed by atoms with E-state index in [2.05, 4.69) is 4.74 Å². The molecule has 0 aliphatic rings. The van der Waals surface area contributed by atoms with Crippen molar-refractivity contribution in [2.24, 2.45) is 0 Å². The van der Waals surface area contributed by atoms with Crippen molar-refractivity contribution >= 4 is 34.2 Å². The second kappa shape index (κ2) is 7.24. The molecule has 0 aliphatic heterocycles. The number of nitrogens with zero attached hydrogens (tertiary/aromatic N) is 1. The van der Waals surface area contributed by atoms with Crippen molar-refractivity contribution in [3.05, 3.63) is 31.4 Å². The van der Waals surface area contributed by atoms with Gasteiger partial charge in [-0.1, -0.05) is 0 Å². The lowest BCUT2D eigenvalue weighted by Gasteiger charge is -2.11. The van der Waals surface area contributed by atoms with Crippen molar-refractivity contribution in [3.8, 4) is 5.75 Å². The number of non-ortho nitro benzene ring substituents is 1. The fraction of sp³-hybridized carbons (Fsp3) is 0.364. The standard InChI is InChI=1S/C11H12INO6/c1-17-3-4-19-10-8(11(14)18-2)5-7(13(15)16)6-9(10)12/h5-6H,3-4H2,1-2H3. The van der Waals surface area contributed by atoms with E-state index in [1.54, 1.807) is 0 Å². The number of carbonyl (C=O) groups is 1. The first-order chi connectivity index (χ1) is 9.01. The van der Waals surface area contributed by atoms with Crippen LogP contribution in [0.5, 0.6) is 5.75 Å². The van der Waals surface area contributed by atoms with E-state index in [-0.39, 0.29) is 23.6 Å². The zero-order valence-electron chi connectivity index (χ0n) is 10.3. The molecule has 1 aromatic rings. The fourth-order valence-corrected chi connectivity index (χ4v) is 2.09. The van der Waals surface area contributed by atoms with Crippen molar-refractivity contribution in [2.45, 2.75) is 0 Å². The number of carbonyl (C=O) groups excluding carboxylic acids is 1. The van der Waals surface area contributed by atoms with E-state index in [9.17, 15) is 14.9 Å². The molecule has 0 unspecified atom stereocenters. The largest absolute Gasteiger partial charge is 0.489 e. The maximum Gasteiger partial charge on any atom is 0.341 e. The molecule has 0 radical (unpaired) electrons. The minimum atomic E-state index is -0.686. The summed E-state index contributed by atoms with van der Waals surface area (Å²) < 4.78 is 15.3. The summed E-state index contributed by atoms with van der Waals surface area (Å²) in [5.74, 6) is -0.427. The van der Waals surface area contributed by atoms with E-state index in [4.69, 9.17) is 9.47 Å². The maximum atomic E-state index is 11.6. The number of esters is 1. The molecule has 19 heavy (non-hydrogen) atoms. The number of nitro groups is 1. The van der Waals surface area contributed by atoms with Gasteiger partial charge in [0.15, 0.2) is 0 Å². The van der Waals surface area contributed by atoms with E-state index in [1.807, 2.05) is 22.6 Å². The molecule has 0 saturated heterocycles. The van der Waals surface area contributed by atoms with Gasteiger partial charge in [0, 0.05) is 19.2 Å². The van der Waals surface area contributed by atoms with Gasteiger partial charge in [-0.15, -0.1) is 0 Å². The molecular formula is C11H12INO6. The Hall–Kier alpha value is -1.42. The van der Waals surface area contributed by atoms with Gasteiger partial charge < -0.3 is 14.2 Å². The first-order valence-corrected chi connectivity index (χ1v) is 6.27. The molecule has 0 aromatic heterocycles. The highest BCUT2D eigenvalue weighted by Gasteiger charge is 2.22. The minimum Gasteiger partial charge on any atom is -0.489 e. The second-order valence-electron chi connectivity index (χ2n) is 3.39. The van der Waals surface area contributed by atoms with Crippen LogP contribution in [0.25, 0.3) is 0 Å². The number of rotatable bonds is 6. The van der Waals surface area contributed by atoms with Crippen molar-refractivity contribution in [1.29, 1.82) is 0 Å². The van der Waals surface area contributed by atoms with E-state index < -0.39 is 10.9 Å². The zero-order chi connectivity index (χ0) is 14.4. The molecule has 8 heteroatoms. The molecule has 0 N–H and O–H groups in total. The van der Waals surface area contributed by atoms with Crippen LogP contribution in [0, 0.1) is 13.7 Å². The Morgan fingerprint density at radius 2 is 2.05 bits per heavy atom. The van der Waals surface area contributed by atoms with Crippen LogP contribution in [0.4, 0.5) is 5.69 Å². The van der Waals surface area contributed by atoms with Crippen molar-refractivity contribution in [3.63, 3.8) is 0 Å². The molecule has 0 heterocycles. The van der Waals surface area contributed by atoms with E-state index in [1.165, 1.54) is 20.3 Å². The summed E-state index contributed by atoms with van der Waals surface area (Å²) in [6.45, 7) is 0.571. The summed E-state index contributed by atoms with van der Waals surface area (Å²) >= 11 is 1.87. The van der Waals surface area contributed by atoms with Gasteiger partial charge >= 0.3 is 5.97 Å². The highest BCUT2D eigenvalue weighted by Crippen LogP contribution is 2.31. The summed E-state index contributed by atoms with van der Waals surface area (Å²) in [6, 6.07) is 2.46. The molecule has 1 rings (SSSR count). The van der Waals surface area contributed by atoms with E-state index in [0.29, 0.717) is 10.2 Å². The molecule has 104 valence electrons. The molecule has 7 nitrogen and oxygen atoms in total. The number of halogens is 1. The minimum absolute atomic E-state index is 0.0252. The number of hydrogen-bond donors (Lipinski definition) is 0. The molecule has 0 bridgehead atoms. The van der Waals surface area contributed by atoms with Crippen molar-refractivity contribution in [2.75, 3.05) is 27.4 Å². The lowest BCUT2D eigenvalue weighted by Crippen LogP contribution is -2.11. The Morgan fingerprint density at radius 3 is 2.58 bits per heavy atom. The average Bonchev–Trinajstić information content (AvgIpc) is 2.39. The molecule has 0 fully saturated rings. The molecule has 0 atom stereocenters. The topological polar surface area (TPSA) is 87.9 Å². The smallest absolute Gasteiger partial charge is 0.341 e. The fourth-order valence-electron chi connectivity index (χ4n) is 1.32. The first kappa shape index (κ1) is 15.6. The summed E-state index contributed by atoms with van der Waals surface area (Å²) in [7, 11) is 2.72. The van der Waals surface area contributed by atoms with E-state index >= 15 is 0 Å². The molecule has 0 amide bonds. The monoisotopic (exact) mass is 381 g/mol. The Labute approximate surface area is 123 Å². The highest BCUT2D eigenvalue weighted by molar-refractivity contribution is 14.1. The number of nitro benzene ring substituents is 1. The van der Waals surface area contributed by atoms with E-state index in [0.717, 1.165) is 6.07 Å². The second-order valence-corrected chi connectivity index (χ2v) is 4.56. The van der Waals surface area contributed by atoms with Gasteiger partial charge in [-0.3, -0.25) is 10.1 Å². The molecule has 0 saturated carbocycles. The van der Waals surface area contributed by atoms with Crippen LogP contribution in [0.3, 0.4) is 0 Å². The third-order valence-corrected chi connectivity index (χ3v) is 2.98. The van der Waals surface area contributed by atoms with Gasteiger partial charge in [0.05, 0.1) is 22.2 Å². The lowest BCUT2D eigenvalue weighted by molar-refractivity contribution is -0.385. The Kier molecular flexibility index (Phi) is 5.96. The normalized spacial score (nSPS) is 10.1. The lowest BCUT2D eigenvalue weighted by atomic mass is 10.2. The van der Waals surface area contributed by atoms with Crippen LogP contribution in [-0.2, 0) is 9.47 Å². The number of benzene rings is 1. The third-order valence-electron chi connectivity index (χ3n) is 2.18. The molecule has 0 aliphatic carbocycles. The molecule has 0 spiro atoms. The summed E-state index contributed by atoms with van der Waals surface area (Å²) in [5, 5.41) is 10.8. The van der Waals surface area contributed by atoms with Gasteiger partial charge in [-0.05, 0) is 22.6 Å². The Balaban J connectivity index is 3.19. The van der Waals surface area contributed by atoms with Gasteiger partial charge in [-0.2, -0.15) is 0 Å². The Morgan fingerprint density at radius 1 is 1.37 bits per heavy atom. The van der Waals surface area contributed by atoms with Crippen LogP contribution in [0.1, 0.15) is 10.4 Å². The predicted molar refractivity (Wildman–Crippen MR) is 74.5 cm³/mol. The zero-order valence-corrected chi connectivity index (χ0v) is 12.5. The number of methoxy groups -OCH3 is 2. The van der Waals surface area contributed by atoms with Crippen LogP contribution < -0.4 is 4.74 Å². The SMILES string of the molecule is COCCOc1c(I)cc([N+](=O)[O-])cc1C(=O)OC. The summed E-state index contributed by atoms with van der Waals surface area (Å²) in [5.41, 5.74) is -0.166. The quantitative estimate of drug-likeness (QED) is 0.246. The van der Waals surface area contributed by atoms with Crippen molar-refractivity contribution < 1.29 is 23.9 Å². The molecule has 1 aromatic carbocycles. The predicted octanol–water partition coefficient (Wildman–Crippen LogP) is 2.01. The van der Waals surface area contributed by atoms with Crippen molar-refractivity contribution in [1.82, 2.24) is 0 Å². The van der Waals surface area contributed by atoms with Gasteiger partial charge in [-0.25, -0.2) is 4.79 Å². The van der Waals surface area contributed by atoms with Crippen LogP contribution in [0.15, 0.2) is 12.1 Å². The van der Waals surface area contributed by atoms with Gasteiger partial charge in [0.25, 0.3) is 5.69 Å². The first-order valence-electron chi connectivity index (χ1n) is 5.19. The van der Waals surface area contributed by atoms with Gasteiger partial charge in [0.2, 0.25) is 0 Å².